The first-order valence-electron chi connectivity index (χ1n) is 20.1. The van der Waals surface area contributed by atoms with Crippen molar-refractivity contribution in [3.05, 3.63) is 82.2 Å². The molecule has 12 atom stereocenters. The van der Waals surface area contributed by atoms with Gasteiger partial charge >= 0.3 is 24.0 Å². The molecule has 0 aromatic heterocycles. The molecule has 3 saturated heterocycles. The molecule has 20 nitrogen and oxygen atoms in total. The first kappa shape index (κ1) is 48.4. The molecule has 340 valence electrons. The van der Waals surface area contributed by atoms with E-state index in [0.717, 1.165) is 14.0 Å². The maximum atomic E-state index is 12.9. The molecular formula is C41H56N4O16Si. The third-order valence-electron chi connectivity index (χ3n) is 10.9. The Morgan fingerprint density at radius 1 is 0.935 bits per heavy atom. The molecule has 3 fully saturated rings. The Kier molecular flexibility index (Phi) is 16.9. The Balaban J connectivity index is 1.44. The SMILES string of the molecule is COC(=O)[C@H](CO[C@H]1O[C@H](CO[Si](C)(C)C(C)(C)C)[C@H](O)[C@H](O[C@@H]2O[C@@H]3CO[C@@H](c4ccccc4)O[C@@H]3[C@H](OC(C)=O)[C@H]2OC(C)=O)[C@H]1N=[N+]=[N-])NC(=O)OCc1ccccc1. The lowest BCUT2D eigenvalue weighted by molar-refractivity contribution is -0.378. The van der Waals surface area contributed by atoms with Crippen molar-refractivity contribution in [2.75, 3.05) is 26.9 Å². The topological polar surface area (TPSA) is 251 Å². The third kappa shape index (κ3) is 12.5. The van der Waals surface area contributed by atoms with Crippen LogP contribution in [0.5, 0.6) is 0 Å². The summed E-state index contributed by atoms with van der Waals surface area (Å²) in [6, 6.07) is 14.9. The van der Waals surface area contributed by atoms with Gasteiger partial charge in [0.05, 0.1) is 26.9 Å². The van der Waals surface area contributed by atoms with Gasteiger partial charge in [0.2, 0.25) is 0 Å². The molecule has 2 aromatic carbocycles. The van der Waals surface area contributed by atoms with Crippen LogP contribution >= 0.6 is 0 Å². The molecule has 1 amide bonds. The number of aliphatic hydroxyl groups is 1. The largest absolute Gasteiger partial charge is 0.467 e. The second-order valence-electron chi connectivity index (χ2n) is 16.4. The molecular weight excluding hydrogens is 833 g/mol. The van der Waals surface area contributed by atoms with E-state index in [0.29, 0.717) is 11.1 Å². The number of azide groups is 1. The van der Waals surface area contributed by atoms with Gasteiger partial charge in [-0.05, 0) is 29.2 Å². The van der Waals surface area contributed by atoms with Gasteiger partial charge in [-0.25, -0.2) is 9.59 Å². The van der Waals surface area contributed by atoms with Gasteiger partial charge in [0.15, 0.2) is 45.4 Å². The number of benzene rings is 2. The number of hydrogen-bond acceptors (Lipinski definition) is 17. The summed E-state index contributed by atoms with van der Waals surface area (Å²) >= 11 is 0. The van der Waals surface area contributed by atoms with Crippen LogP contribution in [-0.2, 0) is 72.8 Å². The highest BCUT2D eigenvalue weighted by atomic mass is 28.4. The summed E-state index contributed by atoms with van der Waals surface area (Å²) in [7, 11) is -1.37. The first-order valence-corrected chi connectivity index (χ1v) is 23.0. The van der Waals surface area contributed by atoms with Crippen molar-refractivity contribution in [1.29, 1.82) is 0 Å². The number of amides is 1. The highest BCUT2D eigenvalue weighted by Crippen LogP contribution is 2.40. The van der Waals surface area contributed by atoms with Crippen molar-refractivity contribution >= 4 is 32.3 Å². The number of nitrogens with zero attached hydrogens (tertiary/aromatic N) is 3. The highest BCUT2D eigenvalue weighted by molar-refractivity contribution is 6.74. The lowest BCUT2D eigenvalue weighted by atomic mass is 9.95. The zero-order valence-corrected chi connectivity index (χ0v) is 36.9. The lowest BCUT2D eigenvalue weighted by Gasteiger charge is -2.50. The summed E-state index contributed by atoms with van der Waals surface area (Å²) in [4.78, 5) is 54.0. The minimum atomic E-state index is -2.48. The number of esters is 3. The minimum absolute atomic E-state index is 0.0881. The maximum Gasteiger partial charge on any atom is 0.408 e. The van der Waals surface area contributed by atoms with E-state index in [4.69, 9.17) is 51.8 Å². The Morgan fingerprint density at radius 2 is 1.58 bits per heavy atom. The van der Waals surface area contributed by atoms with Gasteiger partial charge in [-0.15, -0.1) is 0 Å². The minimum Gasteiger partial charge on any atom is -0.467 e. The second kappa shape index (κ2) is 21.6. The molecule has 3 heterocycles. The quantitative estimate of drug-likeness (QED) is 0.0594. The normalized spacial score (nSPS) is 29.1. The number of nitrogens with one attached hydrogen (secondary N) is 1. The number of carbonyl (C=O) groups is 4. The molecule has 62 heavy (non-hydrogen) atoms. The zero-order valence-electron chi connectivity index (χ0n) is 35.9. The number of carbonyl (C=O) groups excluding carboxylic acids is 4. The summed E-state index contributed by atoms with van der Waals surface area (Å²) in [6.07, 6.45) is -14.2. The van der Waals surface area contributed by atoms with Gasteiger partial charge in [0.1, 0.15) is 43.2 Å². The van der Waals surface area contributed by atoms with Crippen molar-refractivity contribution < 1.29 is 76.1 Å². The van der Waals surface area contributed by atoms with E-state index in [1.54, 1.807) is 54.6 Å². The van der Waals surface area contributed by atoms with Gasteiger partial charge < -0.3 is 62.2 Å². The summed E-state index contributed by atoms with van der Waals surface area (Å²) in [5.74, 6) is -2.43. The third-order valence-corrected chi connectivity index (χ3v) is 15.4. The summed E-state index contributed by atoms with van der Waals surface area (Å²) in [5, 5.41) is 18.1. The number of ether oxygens (including phenoxy) is 10. The lowest BCUT2D eigenvalue weighted by Crippen LogP contribution is -2.67. The van der Waals surface area contributed by atoms with E-state index in [9.17, 15) is 29.8 Å². The fraction of sp³-hybridized carbons (Fsp3) is 0.610. The molecule has 0 aliphatic carbocycles. The number of alkyl carbamates (subject to hydrolysis) is 1. The number of methoxy groups -OCH3 is 1. The van der Waals surface area contributed by atoms with Crippen molar-refractivity contribution in [1.82, 2.24) is 5.32 Å². The molecule has 0 spiro atoms. The summed E-state index contributed by atoms with van der Waals surface area (Å²) in [5.41, 5.74) is 11.2. The zero-order chi connectivity index (χ0) is 45.2. The van der Waals surface area contributed by atoms with Crippen LogP contribution in [0, 0.1) is 0 Å². The van der Waals surface area contributed by atoms with Gasteiger partial charge in [-0.3, -0.25) is 9.59 Å². The molecule has 3 aliphatic heterocycles. The van der Waals surface area contributed by atoms with Gasteiger partial charge in [-0.2, -0.15) is 0 Å². The van der Waals surface area contributed by atoms with Crippen molar-refractivity contribution in [3.63, 3.8) is 0 Å². The van der Waals surface area contributed by atoms with Crippen LogP contribution in [0.15, 0.2) is 65.8 Å². The monoisotopic (exact) mass is 888 g/mol. The average molecular weight is 889 g/mol. The van der Waals surface area contributed by atoms with E-state index in [-0.39, 0.29) is 24.9 Å². The predicted octanol–water partition coefficient (Wildman–Crippen LogP) is 4.35. The Labute approximate surface area is 360 Å². The van der Waals surface area contributed by atoms with Crippen molar-refractivity contribution in [2.45, 2.75) is 133 Å². The molecule has 2 N–H and O–H groups in total. The second-order valence-corrected chi connectivity index (χ2v) is 21.2. The Bertz CT molecular complexity index is 1870. The van der Waals surface area contributed by atoms with Crippen LogP contribution in [0.4, 0.5) is 4.79 Å². The molecule has 21 heteroatoms. The Morgan fingerprint density at radius 3 is 2.19 bits per heavy atom. The molecule has 2 aromatic rings. The van der Waals surface area contributed by atoms with Crippen LogP contribution in [0.1, 0.15) is 52.0 Å². The first-order chi connectivity index (χ1) is 29.4. The number of fused-ring (bicyclic) bond motifs is 1. The number of rotatable bonds is 16. The number of aliphatic hydroxyl groups excluding tert-OH is 1. The summed E-state index contributed by atoms with van der Waals surface area (Å²) in [6.45, 7) is 11.4. The fourth-order valence-corrected chi connectivity index (χ4v) is 7.68. The molecule has 5 rings (SSSR count). The molecule has 0 bridgehead atoms. The van der Waals surface area contributed by atoms with Crippen molar-refractivity contribution in [3.8, 4) is 0 Å². The Hall–Kier alpha value is -4.67. The predicted molar refractivity (Wildman–Crippen MR) is 217 cm³/mol. The van der Waals surface area contributed by atoms with E-state index in [2.05, 4.69) is 15.3 Å². The van der Waals surface area contributed by atoms with Crippen LogP contribution in [0.25, 0.3) is 10.4 Å². The van der Waals surface area contributed by atoms with E-state index < -0.39 is 113 Å². The van der Waals surface area contributed by atoms with Crippen LogP contribution in [-0.4, -0.2) is 132 Å². The smallest absolute Gasteiger partial charge is 0.408 e. The van der Waals surface area contributed by atoms with E-state index in [1.807, 2.05) is 39.9 Å². The van der Waals surface area contributed by atoms with Gasteiger partial charge in [0.25, 0.3) is 0 Å². The molecule has 3 aliphatic rings. The number of hydrogen-bond donors (Lipinski definition) is 2. The van der Waals surface area contributed by atoms with Gasteiger partial charge in [0, 0.05) is 24.3 Å². The van der Waals surface area contributed by atoms with E-state index in [1.165, 1.54) is 6.92 Å². The maximum absolute atomic E-state index is 12.9. The molecule has 0 radical (unpaired) electrons. The summed E-state index contributed by atoms with van der Waals surface area (Å²) < 4.78 is 65.5. The van der Waals surface area contributed by atoms with Gasteiger partial charge in [-0.1, -0.05) is 86.5 Å². The van der Waals surface area contributed by atoms with Crippen molar-refractivity contribution in [2.24, 2.45) is 5.11 Å². The van der Waals surface area contributed by atoms with Crippen LogP contribution in [0.2, 0.25) is 18.1 Å². The average Bonchev–Trinajstić information content (AvgIpc) is 3.23. The molecule has 0 unspecified atom stereocenters. The van der Waals surface area contributed by atoms with Crippen LogP contribution < -0.4 is 5.32 Å². The fourth-order valence-electron chi connectivity index (χ4n) is 6.67. The highest BCUT2D eigenvalue weighted by Gasteiger charge is 2.57. The standard InChI is InChI=1S/C41H56N4O16Si/c1-23(46)56-34-32-29(21-53-37(60-32)26-17-13-10-14-18-26)59-39(35(34)57-24(2)47)61-33-30(44-45-42)38(58-28(31(33)48)22-55-62(7,8)41(3,4)5)52-20-27(36(49)51-6)43-40(50)54-19-25-15-11-9-12-16-25/h9-18,27-35,37-39,48H,19-22H2,1-8H3,(H,43,50)/t27-,28+,29+,30+,31-,32-,33+,34-,35+,37+,38-,39-/m0/s1. The van der Waals surface area contributed by atoms with E-state index >= 15 is 0 Å². The molecule has 0 saturated carbocycles. The van der Waals surface area contributed by atoms with Crippen LogP contribution in [0.3, 0.4) is 0 Å².